The lowest BCUT2D eigenvalue weighted by Gasteiger charge is -2.19. The molecule has 1 aromatic carbocycles. The molecule has 0 spiro atoms. The molecule has 0 aliphatic rings. The quantitative estimate of drug-likeness (QED) is 0.686. The summed E-state index contributed by atoms with van der Waals surface area (Å²) < 4.78 is 6.05. The highest BCUT2D eigenvalue weighted by atomic mass is 32.1. The van der Waals surface area contributed by atoms with Crippen LogP contribution in [0, 0.1) is 15.3 Å². The predicted octanol–water partition coefficient (Wildman–Crippen LogP) is 4.45. The van der Waals surface area contributed by atoms with Gasteiger partial charge in [-0.2, -0.15) is 5.26 Å². The van der Waals surface area contributed by atoms with Crippen LogP contribution in [0.1, 0.15) is 12.5 Å². The van der Waals surface area contributed by atoms with Crippen molar-refractivity contribution in [2.75, 3.05) is 11.4 Å². The number of thiazole rings is 1. The Kier molecular flexibility index (Phi) is 5.07. The van der Waals surface area contributed by atoms with E-state index in [0.717, 1.165) is 15.9 Å². The van der Waals surface area contributed by atoms with Crippen LogP contribution >= 0.6 is 23.6 Å². The third-order valence-corrected chi connectivity index (χ3v) is 4.64. The Morgan fingerprint density at radius 2 is 2.12 bits per heavy atom. The molecule has 25 heavy (non-hydrogen) atoms. The zero-order valence-corrected chi connectivity index (χ0v) is 15.0. The number of nitriles is 1. The number of hydrogen-bond donors (Lipinski definition) is 1. The smallest absolute Gasteiger partial charge is 0.410 e. The molecule has 2 aromatic heterocycles. The molecule has 3 rings (SSSR count). The summed E-state index contributed by atoms with van der Waals surface area (Å²) in [7, 11) is 0. The molecule has 0 fully saturated rings. The summed E-state index contributed by atoms with van der Waals surface area (Å²) in [6.45, 7) is 2.27. The Bertz CT molecular complexity index is 1000. The van der Waals surface area contributed by atoms with Gasteiger partial charge in [0.15, 0.2) is 3.95 Å². The number of benzene rings is 1. The molecule has 0 saturated heterocycles. The maximum absolute atomic E-state index is 12.5. The van der Waals surface area contributed by atoms with Crippen molar-refractivity contribution in [3.8, 4) is 11.8 Å². The van der Waals surface area contributed by atoms with E-state index in [4.69, 9.17) is 22.2 Å². The molecule has 0 aliphatic heterocycles. The van der Waals surface area contributed by atoms with Gasteiger partial charge in [0.2, 0.25) is 0 Å². The van der Waals surface area contributed by atoms with Gasteiger partial charge in [-0.15, -0.1) is 0 Å². The number of carbonyl (C=O) groups excluding carboxylic acids is 1. The van der Waals surface area contributed by atoms with Crippen LogP contribution in [-0.2, 0) is 6.42 Å². The molecule has 0 atom stereocenters. The fourth-order valence-electron chi connectivity index (χ4n) is 2.28. The van der Waals surface area contributed by atoms with Crippen LogP contribution < -0.4 is 9.64 Å². The molecule has 2 heterocycles. The maximum atomic E-state index is 12.5. The average Bonchev–Trinajstić information content (AvgIpc) is 2.97. The van der Waals surface area contributed by atoms with E-state index in [0.29, 0.717) is 28.5 Å². The van der Waals surface area contributed by atoms with E-state index in [9.17, 15) is 4.79 Å². The largest absolute Gasteiger partial charge is 0.420 e. The summed E-state index contributed by atoms with van der Waals surface area (Å²) in [5.41, 5.74) is 1.71. The molecule has 3 aromatic rings. The van der Waals surface area contributed by atoms with E-state index in [1.807, 2.05) is 13.0 Å². The van der Waals surface area contributed by atoms with E-state index in [-0.39, 0.29) is 0 Å². The van der Waals surface area contributed by atoms with Crippen LogP contribution in [-0.4, -0.2) is 22.6 Å². The monoisotopic (exact) mass is 370 g/mol. The predicted molar refractivity (Wildman–Crippen MR) is 99.6 cm³/mol. The molecule has 0 aliphatic carbocycles. The van der Waals surface area contributed by atoms with E-state index in [1.165, 1.54) is 16.2 Å². The maximum Gasteiger partial charge on any atom is 0.420 e. The van der Waals surface area contributed by atoms with Crippen LogP contribution in [0.3, 0.4) is 0 Å². The highest BCUT2D eigenvalue weighted by Gasteiger charge is 2.18. The van der Waals surface area contributed by atoms with Crippen molar-refractivity contribution in [3.63, 3.8) is 0 Å². The number of ether oxygens (including phenoxy) is 1. The lowest BCUT2D eigenvalue weighted by atomic mass is 10.2. The zero-order chi connectivity index (χ0) is 17.8. The van der Waals surface area contributed by atoms with Gasteiger partial charge < -0.3 is 9.72 Å². The lowest BCUT2D eigenvalue weighted by molar-refractivity contribution is 0.207. The molecule has 1 amide bonds. The van der Waals surface area contributed by atoms with Gasteiger partial charge in [-0.1, -0.05) is 23.5 Å². The van der Waals surface area contributed by atoms with Gasteiger partial charge in [0.05, 0.1) is 18.0 Å². The van der Waals surface area contributed by atoms with Gasteiger partial charge in [-0.3, -0.25) is 4.90 Å². The molecule has 0 bridgehead atoms. The summed E-state index contributed by atoms with van der Waals surface area (Å²) in [5, 5.41) is 8.69. The average molecular weight is 370 g/mol. The van der Waals surface area contributed by atoms with Crippen molar-refractivity contribution in [2.24, 2.45) is 0 Å². The zero-order valence-electron chi connectivity index (χ0n) is 13.4. The van der Waals surface area contributed by atoms with E-state index in [2.05, 4.69) is 16.0 Å². The molecule has 0 radical (unpaired) electrons. The SMILES string of the molecule is CCN(C(=O)Oc1ccc(CC#N)cc1)c1ccc2[nH]c(=S)sc2n1. The number of hydrogen-bond acceptors (Lipinski definition) is 6. The summed E-state index contributed by atoms with van der Waals surface area (Å²) in [6.07, 6.45) is -0.191. The number of H-pyrrole nitrogens is 1. The van der Waals surface area contributed by atoms with Gasteiger partial charge in [-0.05, 0) is 49.0 Å². The molecule has 6 nitrogen and oxygen atoms in total. The first-order valence-electron chi connectivity index (χ1n) is 7.56. The van der Waals surface area contributed by atoms with Crippen LogP contribution in [0.25, 0.3) is 10.3 Å². The van der Waals surface area contributed by atoms with Crippen molar-refractivity contribution in [1.82, 2.24) is 9.97 Å². The van der Waals surface area contributed by atoms with E-state index < -0.39 is 6.09 Å². The minimum absolute atomic E-state index is 0.321. The van der Waals surface area contributed by atoms with Crippen molar-refractivity contribution in [1.29, 1.82) is 5.26 Å². The minimum Gasteiger partial charge on any atom is -0.410 e. The summed E-state index contributed by atoms with van der Waals surface area (Å²) >= 11 is 6.47. The van der Waals surface area contributed by atoms with Crippen molar-refractivity contribution in [2.45, 2.75) is 13.3 Å². The second-order valence-corrected chi connectivity index (χ2v) is 6.79. The molecule has 1 N–H and O–H groups in total. The van der Waals surface area contributed by atoms with Crippen molar-refractivity contribution >= 4 is 45.8 Å². The number of nitrogens with one attached hydrogen (secondary N) is 1. The Hall–Kier alpha value is -2.76. The summed E-state index contributed by atoms with van der Waals surface area (Å²) in [6, 6.07) is 12.5. The second kappa shape index (κ2) is 7.42. The fourth-order valence-corrected chi connectivity index (χ4v) is 3.34. The molecule has 126 valence electrons. The molecular formula is C17H14N4O2S2. The summed E-state index contributed by atoms with van der Waals surface area (Å²) in [5.74, 6) is 0.926. The van der Waals surface area contributed by atoms with Crippen LogP contribution in [0.5, 0.6) is 5.75 Å². The highest BCUT2D eigenvalue weighted by molar-refractivity contribution is 7.73. The standard InChI is InChI=1S/C17H14N4O2S2/c1-2-21(14-8-7-13-15(20-14)25-16(24)19-13)17(22)23-12-5-3-11(4-6-12)9-10-18/h3-8H,2,9H2,1H3,(H,19,24). The third kappa shape index (κ3) is 3.84. The van der Waals surface area contributed by atoms with E-state index in [1.54, 1.807) is 30.3 Å². The number of anilines is 1. The number of pyridine rings is 1. The lowest BCUT2D eigenvalue weighted by Crippen LogP contribution is -2.33. The number of rotatable bonds is 4. The van der Waals surface area contributed by atoms with Gasteiger partial charge in [-0.25, -0.2) is 9.78 Å². The number of fused-ring (bicyclic) bond motifs is 1. The Morgan fingerprint density at radius 1 is 1.36 bits per heavy atom. The Morgan fingerprint density at radius 3 is 2.80 bits per heavy atom. The number of aromatic nitrogens is 2. The minimum atomic E-state index is -0.512. The van der Waals surface area contributed by atoms with Gasteiger partial charge in [0.25, 0.3) is 0 Å². The topological polar surface area (TPSA) is 82.0 Å². The van der Waals surface area contributed by atoms with Crippen LogP contribution in [0.2, 0.25) is 0 Å². The Balaban J connectivity index is 1.80. The molecule has 0 saturated carbocycles. The number of amides is 1. The number of aromatic amines is 1. The first kappa shape index (κ1) is 17.1. The van der Waals surface area contributed by atoms with Crippen molar-refractivity contribution in [3.05, 3.63) is 45.9 Å². The highest BCUT2D eigenvalue weighted by Crippen LogP contribution is 2.22. The first-order valence-corrected chi connectivity index (χ1v) is 8.78. The molecule has 0 unspecified atom stereocenters. The van der Waals surface area contributed by atoms with Gasteiger partial charge in [0.1, 0.15) is 16.4 Å². The van der Waals surface area contributed by atoms with Gasteiger partial charge in [0, 0.05) is 6.54 Å². The second-order valence-electron chi connectivity index (χ2n) is 5.13. The molecule has 8 heteroatoms. The number of nitrogens with zero attached hydrogens (tertiary/aromatic N) is 3. The first-order chi connectivity index (χ1) is 12.1. The van der Waals surface area contributed by atoms with Crippen molar-refractivity contribution < 1.29 is 9.53 Å². The third-order valence-electron chi connectivity index (χ3n) is 3.50. The van der Waals surface area contributed by atoms with Crippen LogP contribution in [0.4, 0.5) is 10.6 Å². The normalized spacial score (nSPS) is 10.4. The molecular weight excluding hydrogens is 356 g/mol. The fraction of sp³-hybridized carbons (Fsp3) is 0.176. The summed E-state index contributed by atoms with van der Waals surface area (Å²) in [4.78, 5) is 22.2. The van der Waals surface area contributed by atoms with Gasteiger partial charge >= 0.3 is 6.09 Å². The Labute approximate surface area is 153 Å². The van der Waals surface area contributed by atoms with Crippen LogP contribution in [0.15, 0.2) is 36.4 Å². The van der Waals surface area contributed by atoms with E-state index >= 15 is 0 Å². The number of carbonyl (C=O) groups is 1.